The molecule has 1 aromatic rings. The van der Waals surface area contributed by atoms with Gasteiger partial charge in [-0.05, 0) is 19.8 Å². The minimum atomic E-state index is -0.163. The van der Waals surface area contributed by atoms with Crippen molar-refractivity contribution in [3.8, 4) is 0 Å². The molecule has 1 aromatic heterocycles. The second-order valence-corrected chi connectivity index (χ2v) is 4.29. The fourth-order valence-corrected chi connectivity index (χ4v) is 1.53. The number of ether oxygens (including phenoxy) is 1. The molecule has 16 heavy (non-hydrogen) atoms. The van der Waals surface area contributed by atoms with Crippen molar-refractivity contribution in [1.29, 1.82) is 0 Å². The van der Waals surface area contributed by atoms with E-state index < -0.39 is 0 Å². The molecule has 0 aliphatic heterocycles. The number of nitrogens with two attached hydrogens (primary N) is 1. The lowest BCUT2D eigenvalue weighted by Crippen LogP contribution is -2.43. The van der Waals surface area contributed by atoms with Crippen LogP contribution in [0.3, 0.4) is 0 Å². The topological polar surface area (TPSA) is 53.1 Å². The van der Waals surface area contributed by atoms with Gasteiger partial charge in [0.2, 0.25) is 0 Å². The molecule has 0 aromatic carbocycles. The molecule has 0 aliphatic rings. The summed E-state index contributed by atoms with van der Waals surface area (Å²) in [5, 5.41) is 0. The van der Waals surface area contributed by atoms with Crippen LogP contribution in [0.1, 0.15) is 32.5 Å². The summed E-state index contributed by atoms with van der Waals surface area (Å²) in [4.78, 5) is 4.16. The van der Waals surface area contributed by atoms with Crippen LogP contribution in [-0.4, -0.2) is 28.3 Å². The molecular weight excluding hydrogens is 202 g/mol. The van der Waals surface area contributed by atoms with Gasteiger partial charge in [0.1, 0.15) is 5.82 Å². The molecule has 0 unspecified atom stereocenters. The number of hydrogen-bond donors (Lipinski definition) is 1. The molecule has 4 heteroatoms. The Labute approximate surface area is 97.8 Å². The SMILES string of the molecule is CCC(N)(CC)COCCn1ccnc1C. The van der Waals surface area contributed by atoms with E-state index >= 15 is 0 Å². The Morgan fingerprint density at radius 3 is 2.62 bits per heavy atom. The number of aromatic nitrogens is 2. The van der Waals surface area contributed by atoms with Crippen molar-refractivity contribution in [3.63, 3.8) is 0 Å². The highest BCUT2D eigenvalue weighted by Crippen LogP contribution is 2.11. The van der Waals surface area contributed by atoms with Crippen LogP contribution in [0.2, 0.25) is 0 Å². The van der Waals surface area contributed by atoms with E-state index in [-0.39, 0.29) is 5.54 Å². The molecule has 0 saturated heterocycles. The zero-order chi connectivity index (χ0) is 12.0. The van der Waals surface area contributed by atoms with E-state index in [0.717, 1.165) is 25.2 Å². The summed E-state index contributed by atoms with van der Waals surface area (Å²) < 4.78 is 7.71. The Bertz CT molecular complexity index is 305. The van der Waals surface area contributed by atoms with E-state index in [2.05, 4.69) is 23.4 Å². The highest BCUT2D eigenvalue weighted by molar-refractivity contribution is 4.88. The van der Waals surface area contributed by atoms with Gasteiger partial charge >= 0.3 is 0 Å². The lowest BCUT2D eigenvalue weighted by molar-refractivity contribution is 0.0754. The van der Waals surface area contributed by atoms with E-state index in [0.29, 0.717) is 13.2 Å². The molecule has 0 radical (unpaired) electrons. The molecule has 0 fully saturated rings. The largest absolute Gasteiger partial charge is 0.378 e. The van der Waals surface area contributed by atoms with Crippen molar-refractivity contribution in [3.05, 3.63) is 18.2 Å². The number of imidazole rings is 1. The first-order chi connectivity index (χ1) is 7.61. The van der Waals surface area contributed by atoms with Crippen LogP contribution in [0.4, 0.5) is 0 Å². The summed E-state index contributed by atoms with van der Waals surface area (Å²) in [6.45, 7) is 8.37. The molecule has 0 aliphatic carbocycles. The van der Waals surface area contributed by atoms with Crippen molar-refractivity contribution in [2.75, 3.05) is 13.2 Å². The molecule has 0 amide bonds. The number of rotatable bonds is 7. The fourth-order valence-electron chi connectivity index (χ4n) is 1.53. The lowest BCUT2D eigenvalue weighted by Gasteiger charge is -2.26. The first kappa shape index (κ1) is 13.2. The van der Waals surface area contributed by atoms with Gasteiger partial charge in [0.15, 0.2) is 0 Å². The van der Waals surface area contributed by atoms with Crippen molar-refractivity contribution >= 4 is 0 Å². The highest BCUT2D eigenvalue weighted by Gasteiger charge is 2.19. The minimum absolute atomic E-state index is 0.163. The molecule has 1 rings (SSSR count). The molecular formula is C12H23N3O. The smallest absolute Gasteiger partial charge is 0.105 e. The van der Waals surface area contributed by atoms with Crippen LogP contribution in [0.15, 0.2) is 12.4 Å². The van der Waals surface area contributed by atoms with Crippen molar-refractivity contribution in [2.45, 2.75) is 45.7 Å². The third kappa shape index (κ3) is 3.61. The number of aryl methyl sites for hydroxylation is 1. The van der Waals surface area contributed by atoms with E-state index in [1.165, 1.54) is 0 Å². The highest BCUT2D eigenvalue weighted by atomic mass is 16.5. The Hall–Kier alpha value is -0.870. The zero-order valence-electron chi connectivity index (χ0n) is 10.6. The Morgan fingerprint density at radius 1 is 1.44 bits per heavy atom. The third-order valence-corrected chi connectivity index (χ3v) is 3.20. The predicted molar refractivity (Wildman–Crippen MR) is 65.3 cm³/mol. The average Bonchev–Trinajstić information content (AvgIpc) is 2.70. The van der Waals surface area contributed by atoms with Gasteiger partial charge in [0.25, 0.3) is 0 Å². The van der Waals surface area contributed by atoms with Gasteiger partial charge in [0.05, 0.1) is 13.2 Å². The van der Waals surface area contributed by atoms with Crippen LogP contribution in [-0.2, 0) is 11.3 Å². The number of nitrogens with zero attached hydrogens (tertiary/aromatic N) is 2. The normalized spacial score (nSPS) is 12.0. The van der Waals surface area contributed by atoms with Crippen LogP contribution in [0, 0.1) is 6.92 Å². The van der Waals surface area contributed by atoms with E-state index in [1.54, 1.807) is 6.20 Å². The fraction of sp³-hybridized carbons (Fsp3) is 0.750. The molecule has 0 atom stereocenters. The first-order valence-electron chi connectivity index (χ1n) is 5.95. The first-order valence-corrected chi connectivity index (χ1v) is 5.95. The van der Waals surface area contributed by atoms with E-state index in [1.807, 2.05) is 13.1 Å². The summed E-state index contributed by atoms with van der Waals surface area (Å²) in [5.74, 6) is 1.02. The third-order valence-electron chi connectivity index (χ3n) is 3.20. The standard InChI is InChI=1S/C12H23N3O/c1-4-12(13,5-2)10-16-9-8-15-7-6-14-11(15)3/h6-7H,4-5,8-10,13H2,1-3H3. The molecule has 1 heterocycles. The number of hydrogen-bond acceptors (Lipinski definition) is 3. The van der Waals surface area contributed by atoms with Gasteiger partial charge in [-0.15, -0.1) is 0 Å². The molecule has 0 spiro atoms. The minimum Gasteiger partial charge on any atom is -0.378 e. The van der Waals surface area contributed by atoms with Crippen LogP contribution >= 0.6 is 0 Å². The maximum absolute atomic E-state index is 6.14. The summed E-state index contributed by atoms with van der Waals surface area (Å²) in [6, 6.07) is 0. The summed E-state index contributed by atoms with van der Waals surface area (Å²) >= 11 is 0. The van der Waals surface area contributed by atoms with Gasteiger partial charge < -0.3 is 15.0 Å². The monoisotopic (exact) mass is 225 g/mol. The maximum Gasteiger partial charge on any atom is 0.105 e. The molecule has 4 nitrogen and oxygen atoms in total. The van der Waals surface area contributed by atoms with Crippen LogP contribution in [0.5, 0.6) is 0 Å². The lowest BCUT2D eigenvalue weighted by atomic mass is 9.96. The van der Waals surface area contributed by atoms with Gasteiger partial charge in [-0.2, -0.15) is 0 Å². The van der Waals surface area contributed by atoms with E-state index in [4.69, 9.17) is 10.5 Å². The van der Waals surface area contributed by atoms with Gasteiger partial charge in [-0.3, -0.25) is 0 Å². The quantitative estimate of drug-likeness (QED) is 0.719. The molecule has 92 valence electrons. The van der Waals surface area contributed by atoms with Crippen molar-refractivity contribution in [2.24, 2.45) is 5.73 Å². The van der Waals surface area contributed by atoms with E-state index in [9.17, 15) is 0 Å². The van der Waals surface area contributed by atoms with Crippen molar-refractivity contribution < 1.29 is 4.74 Å². The van der Waals surface area contributed by atoms with Crippen LogP contribution in [0.25, 0.3) is 0 Å². The summed E-state index contributed by atoms with van der Waals surface area (Å²) in [5.41, 5.74) is 5.98. The molecule has 0 saturated carbocycles. The molecule has 2 N–H and O–H groups in total. The maximum atomic E-state index is 6.14. The Balaban J connectivity index is 2.24. The Morgan fingerprint density at radius 2 is 2.12 bits per heavy atom. The Kier molecular flexibility index (Phi) is 4.96. The zero-order valence-corrected chi connectivity index (χ0v) is 10.6. The van der Waals surface area contributed by atoms with Crippen LogP contribution < -0.4 is 5.73 Å². The summed E-state index contributed by atoms with van der Waals surface area (Å²) in [7, 11) is 0. The van der Waals surface area contributed by atoms with Crippen molar-refractivity contribution in [1.82, 2.24) is 9.55 Å². The summed E-state index contributed by atoms with van der Waals surface area (Å²) in [6.07, 6.45) is 5.68. The predicted octanol–water partition coefficient (Wildman–Crippen LogP) is 1.73. The second kappa shape index (κ2) is 6.01. The van der Waals surface area contributed by atoms with Gasteiger partial charge in [-0.25, -0.2) is 4.98 Å². The van der Waals surface area contributed by atoms with Gasteiger partial charge in [-0.1, -0.05) is 13.8 Å². The van der Waals surface area contributed by atoms with Gasteiger partial charge in [0, 0.05) is 24.5 Å². The molecule has 0 bridgehead atoms. The average molecular weight is 225 g/mol. The second-order valence-electron chi connectivity index (χ2n) is 4.29.